The highest BCUT2D eigenvalue weighted by Crippen LogP contribution is 2.37. The van der Waals surface area contributed by atoms with Crippen molar-refractivity contribution in [3.63, 3.8) is 0 Å². The van der Waals surface area contributed by atoms with Crippen molar-refractivity contribution in [2.75, 3.05) is 6.54 Å². The fourth-order valence-electron chi connectivity index (χ4n) is 3.98. The third-order valence-electron chi connectivity index (χ3n) is 5.42. The van der Waals surface area contributed by atoms with Crippen LogP contribution in [0, 0.1) is 0 Å². The van der Waals surface area contributed by atoms with Crippen LogP contribution in [0.25, 0.3) is 0 Å². The van der Waals surface area contributed by atoms with Gasteiger partial charge in [-0.2, -0.15) is 0 Å². The zero-order chi connectivity index (χ0) is 20.1. The zero-order valence-corrected chi connectivity index (χ0v) is 17.1. The first-order valence-electron chi connectivity index (χ1n) is 10.0. The average molecular weight is 408 g/mol. The molecule has 1 aliphatic heterocycles. The number of carbonyl (C=O) groups is 1. The molecule has 2 heterocycles. The van der Waals surface area contributed by atoms with E-state index in [1.807, 2.05) is 48.5 Å². The third-order valence-corrected chi connectivity index (χ3v) is 6.34. The zero-order valence-electron chi connectivity index (χ0n) is 16.2. The van der Waals surface area contributed by atoms with E-state index in [1.165, 1.54) is 4.88 Å². The van der Waals surface area contributed by atoms with Gasteiger partial charge in [0.25, 0.3) is 0 Å². The molecule has 0 radical (unpaired) electrons. The number of carboxylic acid groups (broad SMARTS) is 1. The first-order valence-corrected chi connectivity index (χ1v) is 10.9. The number of thiophene rings is 1. The lowest BCUT2D eigenvalue weighted by atomic mass is 9.95. The summed E-state index contributed by atoms with van der Waals surface area (Å²) in [5.74, 6) is 0.0880. The smallest absolute Gasteiger partial charge is 0.320 e. The van der Waals surface area contributed by atoms with Gasteiger partial charge in [0.05, 0.1) is 6.04 Å². The van der Waals surface area contributed by atoms with Crippen molar-refractivity contribution in [1.82, 2.24) is 4.90 Å². The molecule has 5 heteroatoms. The summed E-state index contributed by atoms with van der Waals surface area (Å²) >= 11 is 1.68. The number of likely N-dealkylation sites (tertiary alicyclic amines) is 1. The minimum atomic E-state index is -0.728. The molecule has 0 amide bonds. The Hall–Kier alpha value is -2.63. The molecule has 0 bridgehead atoms. The molecule has 150 valence electrons. The molecule has 2 aromatic carbocycles. The van der Waals surface area contributed by atoms with E-state index in [-0.39, 0.29) is 6.04 Å². The number of carboxylic acids is 1. The molecule has 0 saturated carbocycles. The summed E-state index contributed by atoms with van der Waals surface area (Å²) in [4.78, 5) is 15.2. The van der Waals surface area contributed by atoms with Crippen molar-refractivity contribution in [1.29, 1.82) is 0 Å². The highest BCUT2D eigenvalue weighted by atomic mass is 32.1. The molecule has 1 fully saturated rings. The van der Waals surface area contributed by atoms with Gasteiger partial charge in [-0.1, -0.05) is 55.0 Å². The fraction of sp³-hybridized carbons (Fsp3) is 0.292. The number of nitrogens with zero attached hydrogens (tertiary/aromatic N) is 1. The van der Waals surface area contributed by atoms with Crippen molar-refractivity contribution in [3.05, 3.63) is 88.1 Å². The second-order valence-corrected chi connectivity index (χ2v) is 8.33. The lowest BCUT2D eigenvalue weighted by Gasteiger charge is -2.39. The van der Waals surface area contributed by atoms with Crippen molar-refractivity contribution >= 4 is 17.3 Å². The van der Waals surface area contributed by atoms with Gasteiger partial charge >= 0.3 is 5.97 Å². The van der Waals surface area contributed by atoms with Gasteiger partial charge in [0, 0.05) is 4.88 Å². The average Bonchev–Trinajstić information content (AvgIpc) is 3.29. The quantitative estimate of drug-likeness (QED) is 0.573. The minimum Gasteiger partial charge on any atom is -0.489 e. The summed E-state index contributed by atoms with van der Waals surface area (Å²) < 4.78 is 5.92. The molecule has 1 saturated heterocycles. The minimum absolute atomic E-state index is 0.0421. The Morgan fingerprint density at radius 1 is 1.07 bits per heavy atom. The topological polar surface area (TPSA) is 49.8 Å². The number of benzene rings is 2. The maximum atomic E-state index is 11.9. The molecule has 2 atom stereocenters. The highest BCUT2D eigenvalue weighted by molar-refractivity contribution is 7.10. The van der Waals surface area contributed by atoms with Gasteiger partial charge in [0.1, 0.15) is 18.4 Å². The van der Waals surface area contributed by atoms with Gasteiger partial charge in [-0.05, 0) is 54.1 Å². The van der Waals surface area contributed by atoms with E-state index >= 15 is 0 Å². The van der Waals surface area contributed by atoms with E-state index < -0.39 is 12.0 Å². The van der Waals surface area contributed by atoms with Crippen molar-refractivity contribution in [2.24, 2.45) is 0 Å². The Balaban J connectivity index is 1.56. The van der Waals surface area contributed by atoms with Crippen LogP contribution < -0.4 is 4.74 Å². The van der Waals surface area contributed by atoms with Crippen LogP contribution in [-0.2, 0) is 11.4 Å². The summed E-state index contributed by atoms with van der Waals surface area (Å²) in [7, 11) is 0. The maximum Gasteiger partial charge on any atom is 0.320 e. The van der Waals surface area contributed by atoms with E-state index in [4.69, 9.17) is 4.74 Å². The lowest BCUT2D eigenvalue weighted by Crippen LogP contribution is -2.46. The van der Waals surface area contributed by atoms with E-state index in [1.54, 1.807) is 11.3 Å². The van der Waals surface area contributed by atoms with E-state index in [2.05, 4.69) is 28.5 Å². The number of piperidine rings is 1. The van der Waals surface area contributed by atoms with Crippen LogP contribution in [0.3, 0.4) is 0 Å². The standard InChI is InChI=1S/C24H25NO3S/c26-24(27)21-9-4-5-15-25(21)23(22-10-6-16-29-22)19-11-13-20(14-12-19)28-17-18-7-2-1-3-8-18/h1-3,6-8,10-14,16,21,23H,4-5,9,15,17H2,(H,26,27). The second kappa shape index (κ2) is 9.25. The van der Waals surface area contributed by atoms with Crippen LogP contribution in [0.5, 0.6) is 5.75 Å². The SMILES string of the molecule is O=C(O)C1CCCCN1C(c1ccc(OCc2ccccc2)cc1)c1cccs1. The molecule has 3 aromatic rings. The van der Waals surface area contributed by atoms with Gasteiger partial charge in [0.2, 0.25) is 0 Å². The monoisotopic (exact) mass is 407 g/mol. The second-order valence-electron chi connectivity index (χ2n) is 7.35. The lowest BCUT2D eigenvalue weighted by molar-refractivity contribution is -0.145. The Bertz CT molecular complexity index is 909. The summed E-state index contributed by atoms with van der Waals surface area (Å²) in [6.07, 6.45) is 2.70. The molecule has 4 rings (SSSR count). The van der Waals surface area contributed by atoms with Crippen LogP contribution in [0.1, 0.15) is 41.3 Å². The highest BCUT2D eigenvalue weighted by Gasteiger charge is 2.35. The third kappa shape index (κ3) is 4.69. The Morgan fingerprint density at radius 3 is 2.55 bits per heavy atom. The molecule has 1 N–H and O–H groups in total. The van der Waals surface area contributed by atoms with Gasteiger partial charge in [-0.25, -0.2) is 0 Å². The first kappa shape index (κ1) is 19.7. The number of hydrogen-bond acceptors (Lipinski definition) is 4. The van der Waals surface area contributed by atoms with Crippen LogP contribution in [0.2, 0.25) is 0 Å². The predicted molar refractivity (Wildman–Crippen MR) is 115 cm³/mol. The van der Waals surface area contributed by atoms with Crippen LogP contribution in [0.15, 0.2) is 72.1 Å². The van der Waals surface area contributed by atoms with Gasteiger partial charge in [0.15, 0.2) is 0 Å². The number of aliphatic carboxylic acids is 1. The van der Waals surface area contributed by atoms with E-state index in [9.17, 15) is 9.90 Å². The normalized spacial score (nSPS) is 18.3. The molecule has 1 aliphatic rings. The molecule has 4 nitrogen and oxygen atoms in total. The van der Waals surface area contributed by atoms with Gasteiger partial charge < -0.3 is 9.84 Å². The molecule has 29 heavy (non-hydrogen) atoms. The molecular formula is C24H25NO3S. The van der Waals surface area contributed by atoms with Crippen LogP contribution in [0.4, 0.5) is 0 Å². The Kier molecular flexibility index (Phi) is 6.27. The summed E-state index contributed by atoms with van der Waals surface area (Å²) in [6.45, 7) is 1.33. The maximum absolute atomic E-state index is 11.9. The van der Waals surface area contributed by atoms with E-state index in [0.29, 0.717) is 13.0 Å². The number of ether oxygens (including phenoxy) is 1. The van der Waals surface area contributed by atoms with Crippen molar-refractivity contribution in [3.8, 4) is 5.75 Å². The summed E-state index contributed by atoms with van der Waals surface area (Å²) in [5.41, 5.74) is 2.23. The number of hydrogen-bond donors (Lipinski definition) is 1. The molecular weight excluding hydrogens is 382 g/mol. The molecule has 0 aliphatic carbocycles. The predicted octanol–water partition coefficient (Wildman–Crippen LogP) is 5.36. The Labute approximate surface area is 175 Å². The van der Waals surface area contributed by atoms with Crippen LogP contribution in [-0.4, -0.2) is 28.6 Å². The van der Waals surface area contributed by atoms with Crippen molar-refractivity contribution in [2.45, 2.75) is 38.0 Å². The van der Waals surface area contributed by atoms with Gasteiger partial charge in [-0.3, -0.25) is 9.69 Å². The van der Waals surface area contributed by atoms with Crippen LogP contribution >= 0.6 is 11.3 Å². The fourth-order valence-corrected chi connectivity index (χ4v) is 4.85. The van der Waals surface area contributed by atoms with E-state index in [0.717, 1.165) is 36.3 Å². The Morgan fingerprint density at radius 2 is 1.86 bits per heavy atom. The summed E-state index contributed by atoms with van der Waals surface area (Å²) in [5, 5.41) is 11.8. The first-order chi connectivity index (χ1) is 14.2. The summed E-state index contributed by atoms with van der Waals surface area (Å²) in [6, 6.07) is 21.8. The van der Waals surface area contributed by atoms with Crippen molar-refractivity contribution < 1.29 is 14.6 Å². The molecule has 2 unspecified atom stereocenters. The number of rotatable bonds is 7. The van der Waals surface area contributed by atoms with Gasteiger partial charge in [-0.15, -0.1) is 11.3 Å². The molecule has 1 aromatic heterocycles. The molecule has 0 spiro atoms. The largest absolute Gasteiger partial charge is 0.489 e.